The van der Waals surface area contributed by atoms with Crippen molar-refractivity contribution in [1.29, 1.82) is 0 Å². The summed E-state index contributed by atoms with van der Waals surface area (Å²) in [6.45, 7) is 4.09. The smallest absolute Gasteiger partial charge is 0.258 e. The summed E-state index contributed by atoms with van der Waals surface area (Å²) in [4.78, 5) is 21.6. The van der Waals surface area contributed by atoms with E-state index in [9.17, 15) is 4.79 Å². The molecule has 3 heterocycles. The van der Waals surface area contributed by atoms with E-state index < -0.39 is 0 Å². The molecule has 0 N–H and O–H groups in total. The zero-order chi connectivity index (χ0) is 17.4. The Labute approximate surface area is 149 Å². The Kier molecular flexibility index (Phi) is 4.01. The predicted molar refractivity (Wildman–Crippen MR) is 102 cm³/mol. The lowest BCUT2D eigenvalue weighted by molar-refractivity contribution is 1.00. The Balaban J connectivity index is 1.65. The van der Waals surface area contributed by atoms with Crippen LogP contribution in [0, 0.1) is 13.8 Å². The fourth-order valence-electron chi connectivity index (χ4n) is 2.87. The molecular formula is C20H17N3OS. The van der Waals surface area contributed by atoms with Crippen LogP contribution >= 0.6 is 11.8 Å². The van der Waals surface area contributed by atoms with Gasteiger partial charge < -0.3 is 0 Å². The first kappa shape index (κ1) is 15.8. The van der Waals surface area contributed by atoms with Gasteiger partial charge in [-0.25, -0.2) is 9.97 Å². The number of aryl methyl sites for hydroxylation is 2. The van der Waals surface area contributed by atoms with Gasteiger partial charge in [-0.1, -0.05) is 30.0 Å². The zero-order valence-corrected chi connectivity index (χ0v) is 14.9. The van der Waals surface area contributed by atoms with Gasteiger partial charge in [-0.2, -0.15) is 0 Å². The molecule has 4 nitrogen and oxygen atoms in total. The Morgan fingerprint density at radius 1 is 1.04 bits per heavy atom. The number of para-hydroxylation sites is 1. The Morgan fingerprint density at radius 2 is 1.88 bits per heavy atom. The number of hydrogen-bond acceptors (Lipinski definition) is 4. The molecule has 5 heteroatoms. The highest BCUT2D eigenvalue weighted by Gasteiger charge is 2.06. The SMILES string of the molecule is Cc1ccn2c(=O)cc(CSc3cc(C)c4ccccc4n3)nc2c1. The van der Waals surface area contributed by atoms with Crippen LogP contribution < -0.4 is 5.56 Å². The second-order valence-electron chi connectivity index (χ2n) is 6.10. The molecule has 0 aliphatic heterocycles. The lowest BCUT2D eigenvalue weighted by Gasteiger charge is -2.07. The van der Waals surface area contributed by atoms with E-state index in [1.54, 1.807) is 28.4 Å². The quantitative estimate of drug-likeness (QED) is 0.522. The maximum absolute atomic E-state index is 12.2. The predicted octanol–water partition coefficient (Wildman–Crippen LogP) is 4.15. The first-order valence-electron chi connectivity index (χ1n) is 8.08. The molecule has 0 bridgehead atoms. The van der Waals surface area contributed by atoms with Crippen LogP contribution in [0.15, 0.2) is 64.5 Å². The number of pyridine rings is 2. The van der Waals surface area contributed by atoms with Crippen LogP contribution in [0.4, 0.5) is 0 Å². The number of thioether (sulfide) groups is 1. The first-order chi connectivity index (χ1) is 12.1. The lowest BCUT2D eigenvalue weighted by Crippen LogP contribution is -2.15. The van der Waals surface area contributed by atoms with E-state index in [0.29, 0.717) is 11.4 Å². The first-order valence-corrected chi connectivity index (χ1v) is 9.07. The highest BCUT2D eigenvalue weighted by Crippen LogP contribution is 2.25. The molecule has 0 fully saturated rings. The molecule has 0 spiro atoms. The van der Waals surface area contributed by atoms with Gasteiger partial charge in [-0.3, -0.25) is 9.20 Å². The number of nitrogens with zero attached hydrogens (tertiary/aromatic N) is 3. The molecule has 0 atom stereocenters. The van der Waals surface area contributed by atoms with Gasteiger partial charge >= 0.3 is 0 Å². The van der Waals surface area contributed by atoms with Crippen molar-refractivity contribution in [3.05, 3.63) is 81.9 Å². The molecular weight excluding hydrogens is 330 g/mol. The van der Waals surface area contributed by atoms with E-state index in [4.69, 9.17) is 4.98 Å². The average Bonchev–Trinajstić information content (AvgIpc) is 2.59. The topological polar surface area (TPSA) is 47.3 Å². The average molecular weight is 347 g/mol. The summed E-state index contributed by atoms with van der Waals surface area (Å²) in [5, 5.41) is 2.12. The second kappa shape index (κ2) is 6.33. The van der Waals surface area contributed by atoms with Crippen molar-refractivity contribution >= 4 is 28.3 Å². The molecule has 124 valence electrons. The molecule has 0 aliphatic rings. The van der Waals surface area contributed by atoms with Crippen LogP contribution in [0.3, 0.4) is 0 Å². The molecule has 0 saturated carbocycles. The largest absolute Gasteiger partial charge is 0.269 e. The molecule has 0 aliphatic carbocycles. The zero-order valence-electron chi connectivity index (χ0n) is 14.1. The van der Waals surface area contributed by atoms with Crippen molar-refractivity contribution in [2.24, 2.45) is 0 Å². The van der Waals surface area contributed by atoms with Gasteiger partial charge in [-0.15, -0.1) is 0 Å². The third-order valence-corrected chi connectivity index (χ3v) is 5.09. The molecule has 0 unspecified atom stereocenters. The van der Waals surface area contributed by atoms with Crippen molar-refractivity contribution in [1.82, 2.24) is 14.4 Å². The minimum Gasteiger partial charge on any atom is -0.269 e. The summed E-state index contributed by atoms with van der Waals surface area (Å²) >= 11 is 1.60. The highest BCUT2D eigenvalue weighted by molar-refractivity contribution is 7.98. The van der Waals surface area contributed by atoms with Crippen molar-refractivity contribution < 1.29 is 0 Å². The van der Waals surface area contributed by atoms with Crippen LogP contribution in [0.2, 0.25) is 0 Å². The molecule has 0 radical (unpaired) electrons. The maximum Gasteiger partial charge on any atom is 0.258 e. The minimum atomic E-state index is -0.0525. The second-order valence-corrected chi connectivity index (χ2v) is 7.10. The van der Waals surface area contributed by atoms with Crippen LogP contribution in [0.25, 0.3) is 16.6 Å². The fraction of sp³-hybridized carbons (Fsp3) is 0.150. The third-order valence-electron chi connectivity index (χ3n) is 4.14. The summed E-state index contributed by atoms with van der Waals surface area (Å²) in [6, 6.07) is 15.7. The van der Waals surface area contributed by atoms with E-state index in [1.165, 1.54) is 10.9 Å². The van der Waals surface area contributed by atoms with E-state index in [1.807, 2.05) is 37.3 Å². The maximum atomic E-state index is 12.2. The standard InChI is InChI=1S/C20H17N3OS/c1-13-7-8-23-18(9-13)21-15(11-20(23)24)12-25-19-10-14(2)16-5-3-4-6-17(16)22-19/h3-11H,12H2,1-2H3. The van der Waals surface area contributed by atoms with Gasteiger partial charge in [0, 0.05) is 23.4 Å². The summed E-state index contributed by atoms with van der Waals surface area (Å²) in [5.41, 5.74) is 4.69. The van der Waals surface area contributed by atoms with Crippen LogP contribution in [0.1, 0.15) is 16.8 Å². The Bertz CT molecular complexity index is 1150. The molecule has 3 aromatic heterocycles. The normalized spacial score (nSPS) is 11.3. The van der Waals surface area contributed by atoms with Gasteiger partial charge in [0.15, 0.2) is 0 Å². The van der Waals surface area contributed by atoms with Crippen LogP contribution in [-0.4, -0.2) is 14.4 Å². The van der Waals surface area contributed by atoms with Crippen LogP contribution in [0.5, 0.6) is 0 Å². The lowest BCUT2D eigenvalue weighted by atomic mass is 10.1. The summed E-state index contributed by atoms with van der Waals surface area (Å²) in [6.07, 6.45) is 1.77. The van der Waals surface area contributed by atoms with Crippen molar-refractivity contribution in [3.63, 3.8) is 0 Å². The fourth-order valence-corrected chi connectivity index (χ4v) is 3.73. The number of aromatic nitrogens is 3. The van der Waals surface area contributed by atoms with Crippen molar-refractivity contribution in [3.8, 4) is 0 Å². The van der Waals surface area contributed by atoms with Gasteiger partial charge in [-0.05, 0) is 49.2 Å². The monoisotopic (exact) mass is 347 g/mol. The minimum absolute atomic E-state index is 0.0525. The van der Waals surface area contributed by atoms with Crippen molar-refractivity contribution in [2.45, 2.75) is 24.6 Å². The number of rotatable bonds is 3. The Morgan fingerprint density at radius 3 is 2.76 bits per heavy atom. The molecule has 1 aromatic carbocycles. The molecule has 0 saturated heterocycles. The van der Waals surface area contributed by atoms with Crippen molar-refractivity contribution in [2.75, 3.05) is 0 Å². The number of hydrogen-bond donors (Lipinski definition) is 0. The van der Waals surface area contributed by atoms with E-state index in [2.05, 4.69) is 24.0 Å². The highest BCUT2D eigenvalue weighted by atomic mass is 32.2. The summed E-state index contributed by atoms with van der Waals surface area (Å²) in [5.74, 6) is 0.616. The molecule has 0 amide bonds. The van der Waals surface area contributed by atoms with E-state index in [0.717, 1.165) is 21.8 Å². The van der Waals surface area contributed by atoms with Gasteiger partial charge in [0.05, 0.1) is 16.2 Å². The van der Waals surface area contributed by atoms with Crippen LogP contribution in [-0.2, 0) is 5.75 Å². The summed E-state index contributed by atoms with van der Waals surface area (Å²) in [7, 11) is 0. The van der Waals surface area contributed by atoms with Gasteiger partial charge in [0.2, 0.25) is 0 Å². The molecule has 25 heavy (non-hydrogen) atoms. The summed E-state index contributed by atoms with van der Waals surface area (Å²) < 4.78 is 1.57. The van der Waals surface area contributed by atoms with E-state index in [-0.39, 0.29) is 5.56 Å². The third kappa shape index (κ3) is 3.15. The van der Waals surface area contributed by atoms with Gasteiger partial charge in [0.1, 0.15) is 5.65 Å². The number of benzene rings is 1. The molecule has 4 rings (SSSR count). The molecule has 4 aromatic rings. The number of fused-ring (bicyclic) bond motifs is 2. The van der Waals surface area contributed by atoms with E-state index >= 15 is 0 Å². The Hall–Kier alpha value is -2.66. The van der Waals surface area contributed by atoms with Gasteiger partial charge in [0.25, 0.3) is 5.56 Å².